The molecule has 0 saturated carbocycles. The van der Waals surface area contributed by atoms with E-state index in [1.54, 1.807) is 0 Å². The molecule has 4 saturated heterocycles. The van der Waals surface area contributed by atoms with Gasteiger partial charge in [0.05, 0.1) is 0 Å². The second-order valence-electron chi connectivity index (χ2n) is 6.83. The van der Waals surface area contributed by atoms with Crippen LogP contribution in [-0.2, 0) is 0 Å². The first-order chi connectivity index (χ1) is 10.5. The van der Waals surface area contributed by atoms with Crippen molar-refractivity contribution in [1.82, 2.24) is 19.6 Å². The van der Waals surface area contributed by atoms with Crippen LogP contribution in [0.5, 0.6) is 0 Å². The lowest BCUT2D eigenvalue weighted by Gasteiger charge is -2.42. The van der Waals surface area contributed by atoms with Gasteiger partial charge in [-0.25, -0.2) is 0 Å². The van der Waals surface area contributed by atoms with Crippen LogP contribution in [0.15, 0.2) is 24.8 Å². The van der Waals surface area contributed by atoms with Crippen molar-refractivity contribution in [2.75, 3.05) is 26.2 Å². The number of hydrogen-bond acceptors (Lipinski definition) is 6. The molecule has 4 bridgehead atoms. The third-order valence-corrected chi connectivity index (χ3v) is 5.73. The Hall–Kier alpha value is -1.40. The van der Waals surface area contributed by atoms with Gasteiger partial charge in [0.15, 0.2) is 0 Å². The standard InChI is InChI=1S/C16H26N4O2/c1-13-17-9-5-3-6-10-18(13)16(22)15(17,21)19-11-7-4-8-12-20(16)14(19)2/h21-22H,1-12H2/t15-,16+. The zero-order valence-corrected chi connectivity index (χ0v) is 13.2. The van der Waals surface area contributed by atoms with E-state index in [2.05, 4.69) is 13.2 Å². The minimum atomic E-state index is -1.48. The molecule has 0 aromatic carbocycles. The Labute approximate surface area is 131 Å². The third kappa shape index (κ3) is 1.42. The number of hydrogen-bond donors (Lipinski definition) is 2. The Morgan fingerprint density at radius 3 is 1.14 bits per heavy atom. The quantitative estimate of drug-likeness (QED) is 0.691. The SMILES string of the molecule is C=C1N2CCCCCN1[C@]1(O)N3CCCCCN(C3=C)[C@]21O. The van der Waals surface area contributed by atoms with E-state index >= 15 is 0 Å². The lowest BCUT2D eigenvalue weighted by atomic mass is 10.2. The van der Waals surface area contributed by atoms with Crippen LogP contribution in [0.2, 0.25) is 0 Å². The normalized spacial score (nSPS) is 38.6. The fraction of sp³-hybridized carbons (Fsp3) is 0.750. The van der Waals surface area contributed by atoms with Crippen LogP contribution in [0.1, 0.15) is 38.5 Å². The molecule has 4 rings (SSSR count). The molecule has 4 aliphatic heterocycles. The highest BCUT2D eigenvalue weighted by Gasteiger charge is 2.75. The average Bonchev–Trinajstić information content (AvgIpc) is 2.75. The monoisotopic (exact) mass is 306 g/mol. The highest BCUT2D eigenvalue weighted by Crippen LogP contribution is 2.54. The fourth-order valence-corrected chi connectivity index (χ4v) is 4.60. The van der Waals surface area contributed by atoms with E-state index in [-0.39, 0.29) is 0 Å². The Morgan fingerprint density at radius 1 is 0.591 bits per heavy atom. The minimum Gasteiger partial charge on any atom is -0.348 e. The summed E-state index contributed by atoms with van der Waals surface area (Å²) < 4.78 is 0. The lowest BCUT2D eigenvalue weighted by Crippen LogP contribution is -2.68. The van der Waals surface area contributed by atoms with E-state index in [0.717, 1.165) is 50.2 Å². The van der Waals surface area contributed by atoms with Crippen LogP contribution in [0.3, 0.4) is 0 Å². The summed E-state index contributed by atoms with van der Waals surface area (Å²) in [7, 11) is 0. The summed E-state index contributed by atoms with van der Waals surface area (Å²) in [4.78, 5) is 7.57. The fourth-order valence-electron chi connectivity index (χ4n) is 4.60. The summed E-state index contributed by atoms with van der Waals surface area (Å²) in [6.07, 6.45) is 6.23. The van der Waals surface area contributed by atoms with Gasteiger partial charge in [0, 0.05) is 26.2 Å². The number of aliphatic hydroxyl groups is 2. The van der Waals surface area contributed by atoms with Crippen LogP contribution in [0, 0.1) is 0 Å². The molecule has 22 heavy (non-hydrogen) atoms. The largest absolute Gasteiger partial charge is 0.348 e. The Balaban J connectivity index is 1.89. The van der Waals surface area contributed by atoms with E-state index in [9.17, 15) is 10.2 Å². The van der Waals surface area contributed by atoms with E-state index < -0.39 is 11.7 Å². The first-order valence-corrected chi connectivity index (χ1v) is 8.46. The molecule has 0 aromatic rings. The average molecular weight is 306 g/mol. The van der Waals surface area contributed by atoms with Gasteiger partial charge in [0.25, 0.3) is 11.7 Å². The van der Waals surface area contributed by atoms with Crippen molar-refractivity contribution in [3.05, 3.63) is 24.8 Å². The van der Waals surface area contributed by atoms with Gasteiger partial charge in [-0.15, -0.1) is 0 Å². The molecule has 0 aromatic heterocycles. The lowest BCUT2D eigenvalue weighted by molar-refractivity contribution is -0.295. The predicted molar refractivity (Wildman–Crippen MR) is 82.7 cm³/mol. The molecule has 0 amide bonds. The second kappa shape index (κ2) is 4.55. The van der Waals surface area contributed by atoms with Crippen molar-refractivity contribution in [2.24, 2.45) is 0 Å². The van der Waals surface area contributed by atoms with Crippen LogP contribution in [0.4, 0.5) is 0 Å². The predicted octanol–water partition coefficient (Wildman–Crippen LogP) is 0.824. The van der Waals surface area contributed by atoms with Crippen molar-refractivity contribution < 1.29 is 10.2 Å². The zero-order chi connectivity index (χ0) is 15.5. The molecule has 0 unspecified atom stereocenters. The van der Waals surface area contributed by atoms with Crippen LogP contribution < -0.4 is 0 Å². The number of fused-ring (bicyclic) bond motifs is 9. The van der Waals surface area contributed by atoms with Crippen molar-refractivity contribution in [2.45, 2.75) is 50.2 Å². The van der Waals surface area contributed by atoms with E-state index in [1.807, 2.05) is 19.6 Å². The Bertz CT molecular complexity index is 442. The number of rotatable bonds is 0. The molecule has 6 nitrogen and oxygen atoms in total. The molecule has 6 heteroatoms. The van der Waals surface area contributed by atoms with Crippen molar-refractivity contribution in [3.63, 3.8) is 0 Å². The highest BCUT2D eigenvalue weighted by atomic mass is 16.4. The third-order valence-electron chi connectivity index (χ3n) is 5.73. The maximum Gasteiger partial charge on any atom is 0.293 e. The summed E-state index contributed by atoms with van der Waals surface area (Å²) in [6.45, 7) is 11.2. The molecule has 0 spiro atoms. The van der Waals surface area contributed by atoms with Gasteiger partial charge in [0.2, 0.25) is 0 Å². The van der Waals surface area contributed by atoms with Crippen LogP contribution in [0.25, 0.3) is 0 Å². The van der Waals surface area contributed by atoms with Gasteiger partial charge < -0.3 is 29.8 Å². The molecular formula is C16H26N4O2. The van der Waals surface area contributed by atoms with Crippen LogP contribution in [-0.4, -0.2) is 67.7 Å². The molecule has 122 valence electrons. The second-order valence-corrected chi connectivity index (χ2v) is 6.83. The van der Waals surface area contributed by atoms with Gasteiger partial charge in [-0.3, -0.25) is 0 Å². The molecule has 0 radical (unpaired) electrons. The van der Waals surface area contributed by atoms with Gasteiger partial charge in [0.1, 0.15) is 11.6 Å². The van der Waals surface area contributed by atoms with Crippen LogP contribution >= 0.6 is 0 Å². The first-order valence-electron chi connectivity index (χ1n) is 8.46. The van der Waals surface area contributed by atoms with Crippen molar-refractivity contribution in [3.8, 4) is 0 Å². The van der Waals surface area contributed by atoms with E-state index in [1.165, 1.54) is 0 Å². The molecule has 2 N–H and O–H groups in total. The topological polar surface area (TPSA) is 53.4 Å². The maximum absolute atomic E-state index is 11.7. The number of nitrogens with zero attached hydrogens (tertiary/aromatic N) is 4. The zero-order valence-electron chi connectivity index (χ0n) is 13.2. The molecule has 4 fully saturated rings. The Kier molecular flexibility index (Phi) is 2.94. The summed E-state index contributed by atoms with van der Waals surface area (Å²) in [5, 5.41) is 23.3. The van der Waals surface area contributed by atoms with Crippen molar-refractivity contribution >= 4 is 0 Å². The summed E-state index contributed by atoms with van der Waals surface area (Å²) in [5.41, 5.74) is 0. The molecule has 4 aliphatic rings. The molecule has 0 aliphatic carbocycles. The maximum atomic E-state index is 11.7. The molecule has 4 heterocycles. The minimum absolute atomic E-state index is 0.714. The molecular weight excluding hydrogens is 280 g/mol. The van der Waals surface area contributed by atoms with Gasteiger partial charge in [-0.2, -0.15) is 0 Å². The van der Waals surface area contributed by atoms with Gasteiger partial charge in [-0.05, 0) is 38.5 Å². The van der Waals surface area contributed by atoms with Gasteiger partial charge >= 0.3 is 0 Å². The van der Waals surface area contributed by atoms with Gasteiger partial charge in [-0.1, -0.05) is 13.2 Å². The molecule has 0 atom stereocenters. The van der Waals surface area contributed by atoms with Crippen molar-refractivity contribution in [1.29, 1.82) is 0 Å². The van der Waals surface area contributed by atoms with E-state index in [4.69, 9.17) is 0 Å². The summed E-state index contributed by atoms with van der Waals surface area (Å²) in [5.74, 6) is -1.49. The Morgan fingerprint density at radius 2 is 0.864 bits per heavy atom. The summed E-state index contributed by atoms with van der Waals surface area (Å²) in [6, 6.07) is 0. The van der Waals surface area contributed by atoms with E-state index in [0.29, 0.717) is 26.2 Å². The smallest absolute Gasteiger partial charge is 0.293 e. The first kappa shape index (κ1) is 14.2. The summed E-state index contributed by atoms with van der Waals surface area (Å²) >= 11 is 0. The highest BCUT2D eigenvalue weighted by molar-refractivity contribution is 5.27.